The minimum absolute atomic E-state index is 0.0824. The van der Waals surface area contributed by atoms with Crippen LogP contribution in [0, 0.1) is 0 Å². The second-order valence-corrected chi connectivity index (χ2v) is 4.37. The first-order valence-corrected chi connectivity index (χ1v) is 5.99. The minimum atomic E-state index is 0.0824. The van der Waals surface area contributed by atoms with Gasteiger partial charge < -0.3 is 10.1 Å². The van der Waals surface area contributed by atoms with E-state index in [1.54, 1.807) is 6.07 Å². The molecule has 0 unspecified atom stereocenters. The molecule has 92 valence electrons. The number of halogens is 1. The molecule has 4 nitrogen and oxygen atoms in total. The highest BCUT2D eigenvalue weighted by molar-refractivity contribution is 6.30. The number of benzene rings is 1. The molecule has 1 aromatic carbocycles. The fourth-order valence-electron chi connectivity index (χ4n) is 1.73. The second kappa shape index (κ2) is 5.89. The molecule has 0 aromatic heterocycles. The molecule has 0 spiro atoms. The summed E-state index contributed by atoms with van der Waals surface area (Å²) in [6.45, 7) is 3.37. The lowest BCUT2D eigenvalue weighted by Crippen LogP contribution is -2.48. The van der Waals surface area contributed by atoms with Gasteiger partial charge >= 0.3 is 0 Å². The van der Waals surface area contributed by atoms with Crippen LogP contribution in [-0.2, 0) is 4.79 Å². The van der Waals surface area contributed by atoms with Gasteiger partial charge in [-0.05, 0) is 18.2 Å². The summed E-state index contributed by atoms with van der Waals surface area (Å²) in [5, 5.41) is 3.46. The van der Waals surface area contributed by atoms with Crippen molar-refractivity contribution in [2.75, 3.05) is 32.8 Å². The number of carbonyl (C=O) groups is 1. The Kier molecular flexibility index (Phi) is 4.23. The molecule has 1 amide bonds. The van der Waals surface area contributed by atoms with Crippen molar-refractivity contribution in [2.24, 2.45) is 0 Å². The number of nitrogens with one attached hydrogen (secondary N) is 1. The van der Waals surface area contributed by atoms with Crippen LogP contribution >= 0.6 is 11.6 Å². The summed E-state index contributed by atoms with van der Waals surface area (Å²) in [5.74, 6) is 0.845. The van der Waals surface area contributed by atoms with E-state index in [-0.39, 0.29) is 5.91 Å². The Bertz CT molecular complexity index is 398. The van der Waals surface area contributed by atoms with Crippen LogP contribution in [0.25, 0.3) is 0 Å². The number of amides is 1. The Labute approximate surface area is 106 Å². The van der Waals surface area contributed by atoms with Gasteiger partial charge in [0.1, 0.15) is 12.4 Å². The molecule has 0 radical (unpaired) electrons. The van der Waals surface area contributed by atoms with E-state index in [0.717, 1.165) is 25.4 Å². The van der Waals surface area contributed by atoms with Crippen molar-refractivity contribution in [1.29, 1.82) is 0 Å². The van der Waals surface area contributed by atoms with Crippen LogP contribution in [0.4, 0.5) is 0 Å². The van der Waals surface area contributed by atoms with Gasteiger partial charge in [-0.15, -0.1) is 0 Å². The number of hydrogen-bond acceptors (Lipinski definition) is 3. The Morgan fingerprint density at radius 3 is 3.12 bits per heavy atom. The van der Waals surface area contributed by atoms with E-state index >= 15 is 0 Å². The van der Waals surface area contributed by atoms with Gasteiger partial charge in [-0.1, -0.05) is 17.7 Å². The van der Waals surface area contributed by atoms with Gasteiger partial charge in [-0.2, -0.15) is 0 Å². The van der Waals surface area contributed by atoms with Gasteiger partial charge in [-0.3, -0.25) is 9.69 Å². The van der Waals surface area contributed by atoms with Crippen LogP contribution in [0.2, 0.25) is 5.02 Å². The maximum atomic E-state index is 11.1. The van der Waals surface area contributed by atoms with E-state index in [0.29, 0.717) is 18.2 Å². The van der Waals surface area contributed by atoms with Crippen LogP contribution in [0.3, 0.4) is 0 Å². The monoisotopic (exact) mass is 254 g/mol. The highest BCUT2D eigenvalue weighted by Gasteiger charge is 2.15. The molecule has 0 bridgehead atoms. The molecular weight excluding hydrogens is 240 g/mol. The van der Waals surface area contributed by atoms with Crippen LogP contribution in [0.15, 0.2) is 24.3 Å². The van der Waals surface area contributed by atoms with Crippen molar-refractivity contribution in [3.8, 4) is 5.75 Å². The highest BCUT2D eigenvalue weighted by atomic mass is 35.5. The molecule has 1 aliphatic heterocycles. The van der Waals surface area contributed by atoms with Crippen molar-refractivity contribution in [2.45, 2.75) is 0 Å². The van der Waals surface area contributed by atoms with Crippen molar-refractivity contribution >= 4 is 17.5 Å². The number of nitrogens with zero attached hydrogens (tertiary/aromatic N) is 1. The van der Waals surface area contributed by atoms with Gasteiger partial charge in [-0.25, -0.2) is 0 Å². The summed E-state index contributed by atoms with van der Waals surface area (Å²) in [6, 6.07) is 7.31. The zero-order valence-electron chi connectivity index (χ0n) is 9.49. The van der Waals surface area contributed by atoms with Crippen molar-refractivity contribution < 1.29 is 9.53 Å². The molecule has 1 saturated heterocycles. The predicted octanol–water partition coefficient (Wildman–Crippen LogP) is 1.15. The first-order valence-electron chi connectivity index (χ1n) is 5.61. The lowest BCUT2D eigenvalue weighted by atomic mass is 10.3. The summed E-state index contributed by atoms with van der Waals surface area (Å²) >= 11 is 5.85. The first kappa shape index (κ1) is 12.2. The minimum Gasteiger partial charge on any atom is -0.492 e. The third-order valence-corrected chi connectivity index (χ3v) is 2.82. The normalized spacial score (nSPS) is 16.6. The molecule has 0 saturated carbocycles. The lowest BCUT2D eigenvalue weighted by molar-refractivity contribution is -0.124. The first-order chi connectivity index (χ1) is 8.24. The number of piperazine rings is 1. The Morgan fingerprint density at radius 2 is 2.35 bits per heavy atom. The second-order valence-electron chi connectivity index (χ2n) is 3.93. The van der Waals surface area contributed by atoms with Gasteiger partial charge in [0.05, 0.1) is 6.54 Å². The summed E-state index contributed by atoms with van der Waals surface area (Å²) in [6.07, 6.45) is 0. The number of carbonyl (C=O) groups excluding carboxylic acids is 1. The van der Waals surface area contributed by atoms with Gasteiger partial charge in [0.25, 0.3) is 0 Å². The molecular formula is C12H15ClN2O2. The largest absolute Gasteiger partial charge is 0.492 e. The summed E-state index contributed by atoms with van der Waals surface area (Å²) in [5.41, 5.74) is 0. The van der Waals surface area contributed by atoms with Crippen LogP contribution in [0.5, 0.6) is 5.75 Å². The SMILES string of the molecule is O=C1CN(CCOc2cccc(Cl)c2)CCN1. The van der Waals surface area contributed by atoms with Crippen molar-refractivity contribution in [3.05, 3.63) is 29.3 Å². The molecule has 1 aliphatic rings. The predicted molar refractivity (Wildman–Crippen MR) is 66.4 cm³/mol. The summed E-state index contributed by atoms with van der Waals surface area (Å²) in [7, 11) is 0. The number of hydrogen-bond donors (Lipinski definition) is 1. The molecule has 1 heterocycles. The maximum absolute atomic E-state index is 11.1. The maximum Gasteiger partial charge on any atom is 0.234 e. The molecule has 2 rings (SSSR count). The topological polar surface area (TPSA) is 41.6 Å². The highest BCUT2D eigenvalue weighted by Crippen LogP contribution is 2.16. The lowest BCUT2D eigenvalue weighted by Gasteiger charge is -2.26. The van der Waals surface area contributed by atoms with E-state index in [9.17, 15) is 4.79 Å². The molecule has 1 aromatic rings. The van der Waals surface area contributed by atoms with E-state index in [1.807, 2.05) is 18.2 Å². The van der Waals surface area contributed by atoms with Gasteiger partial charge in [0.2, 0.25) is 5.91 Å². The molecule has 1 fully saturated rings. The third-order valence-electron chi connectivity index (χ3n) is 2.59. The number of ether oxygens (including phenoxy) is 1. The fourth-order valence-corrected chi connectivity index (χ4v) is 1.91. The Morgan fingerprint density at radius 1 is 1.47 bits per heavy atom. The fraction of sp³-hybridized carbons (Fsp3) is 0.417. The molecule has 0 atom stereocenters. The Hall–Kier alpha value is -1.26. The van der Waals surface area contributed by atoms with Crippen LogP contribution in [0.1, 0.15) is 0 Å². The third kappa shape index (κ3) is 3.91. The van der Waals surface area contributed by atoms with Crippen LogP contribution in [-0.4, -0.2) is 43.6 Å². The Balaban J connectivity index is 1.74. The molecule has 5 heteroatoms. The van der Waals surface area contributed by atoms with E-state index in [2.05, 4.69) is 10.2 Å². The average molecular weight is 255 g/mol. The van der Waals surface area contributed by atoms with Gasteiger partial charge in [0.15, 0.2) is 0 Å². The molecule has 1 N–H and O–H groups in total. The standard InChI is InChI=1S/C12H15ClN2O2/c13-10-2-1-3-11(8-10)17-7-6-15-5-4-14-12(16)9-15/h1-3,8H,4-7,9H2,(H,14,16). The van der Waals surface area contributed by atoms with E-state index in [4.69, 9.17) is 16.3 Å². The average Bonchev–Trinajstić information content (AvgIpc) is 2.29. The zero-order chi connectivity index (χ0) is 12.1. The van der Waals surface area contributed by atoms with Gasteiger partial charge in [0, 0.05) is 24.7 Å². The summed E-state index contributed by atoms with van der Waals surface area (Å²) in [4.78, 5) is 13.2. The van der Waals surface area contributed by atoms with Crippen LogP contribution < -0.4 is 10.1 Å². The molecule has 0 aliphatic carbocycles. The van der Waals surface area contributed by atoms with Crippen molar-refractivity contribution in [1.82, 2.24) is 10.2 Å². The smallest absolute Gasteiger partial charge is 0.234 e. The number of rotatable bonds is 4. The van der Waals surface area contributed by atoms with E-state index in [1.165, 1.54) is 0 Å². The summed E-state index contributed by atoms with van der Waals surface area (Å²) < 4.78 is 5.57. The van der Waals surface area contributed by atoms with E-state index < -0.39 is 0 Å². The zero-order valence-corrected chi connectivity index (χ0v) is 10.2. The quantitative estimate of drug-likeness (QED) is 0.877. The van der Waals surface area contributed by atoms with Crippen molar-refractivity contribution in [3.63, 3.8) is 0 Å². The molecule has 17 heavy (non-hydrogen) atoms.